The van der Waals surface area contributed by atoms with Gasteiger partial charge < -0.3 is 9.64 Å². The lowest BCUT2D eigenvalue weighted by molar-refractivity contribution is -0.130. The van der Waals surface area contributed by atoms with Crippen LogP contribution in [0.4, 0.5) is 0 Å². The average Bonchev–Trinajstić information content (AvgIpc) is 2.50. The van der Waals surface area contributed by atoms with Crippen molar-refractivity contribution >= 4 is 11.7 Å². The molecule has 2 aliphatic rings. The number of benzene rings is 1. The van der Waals surface area contributed by atoms with E-state index in [1.54, 1.807) is 19.1 Å². The topological polar surface area (TPSA) is 46.6 Å². The molecule has 1 heterocycles. The summed E-state index contributed by atoms with van der Waals surface area (Å²) in [4.78, 5) is 27.0. The zero-order valence-corrected chi connectivity index (χ0v) is 14.2. The van der Waals surface area contributed by atoms with Crippen molar-refractivity contribution in [3.8, 4) is 5.75 Å². The van der Waals surface area contributed by atoms with Crippen LogP contribution in [0, 0.1) is 5.41 Å². The molecule has 4 heteroatoms. The zero-order valence-electron chi connectivity index (χ0n) is 14.2. The lowest BCUT2D eigenvalue weighted by atomic mass is 9.69. The second-order valence-corrected chi connectivity index (χ2v) is 7.25. The van der Waals surface area contributed by atoms with Crippen LogP contribution in [-0.2, 0) is 9.59 Å². The first-order valence-electron chi connectivity index (χ1n) is 8.00. The number of hydrogen-bond donors (Lipinski definition) is 0. The van der Waals surface area contributed by atoms with Gasteiger partial charge in [0.25, 0.3) is 0 Å². The number of para-hydroxylation sites is 1. The summed E-state index contributed by atoms with van der Waals surface area (Å²) in [5.74, 6) is 0.754. The Hall–Kier alpha value is -2.10. The van der Waals surface area contributed by atoms with E-state index in [4.69, 9.17) is 4.74 Å². The second-order valence-electron chi connectivity index (χ2n) is 7.25. The van der Waals surface area contributed by atoms with Gasteiger partial charge in [-0.25, -0.2) is 0 Å². The number of ether oxygens (including phenoxy) is 1. The Kier molecular flexibility index (Phi) is 3.78. The SMILES string of the molecule is COc1ccccc1[C@H]1CC(=O)N(C)C2=C1C(=O)CC(C)(C)C2. The van der Waals surface area contributed by atoms with Gasteiger partial charge in [-0.05, 0) is 17.9 Å². The zero-order chi connectivity index (χ0) is 16.8. The van der Waals surface area contributed by atoms with Gasteiger partial charge in [0.2, 0.25) is 5.91 Å². The number of carbonyl (C=O) groups excluding carboxylic acids is 2. The summed E-state index contributed by atoms with van der Waals surface area (Å²) >= 11 is 0. The monoisotopic (exact) mass is 313 g/mol. The predicted octanol–water partition coefficient (Wildman–Crippen LogP) is 3.28. The lowest BCUT2D eigenvalue weighted by Gasteiger charge is -2.41. The number of rotatable bonds is 2. The van der Waals surface area contributed by atoms with Crippen molar-refractivity contribution in [3.05, 3.63) is 41.1 Å². The summed E-state index contributed by atoms with van der Waals surface area (Å²) in [6.07, 6.45) is 1.60. The number of allylic oxidation sites excluding steroid dienone is 2. The summed E-state index contributed by atoms with van der Waals surface area (Å²) in [5, 5.41) is 0. The molecule has 0 saturated heterocycles. The molecule has 1 aromatic carbocycles. The third-order valence-corrected chi connectivity index (χ3v) is 4.92. The standard InChI is InChI=1S/C19H23NO3/c1-19(2)10-14-18(15(21)11-19)13(9-17(22)20(14)3)12-7-5-6-8-16(12)23-4/h5-8,13H,9-11H2,1-4H3/t13-/m1/s1. The highest BCUT2D eigenvalue weighted by Crippen LogP contribution is 2.47. The lowest BCUT2D eigenvalue weighted by Crippen LogP contribution is -2.41. The Morgan fingerprint density at radius 2 is 1.87 bits per heavy atom. The van der Waals surface area contributed by atoms with Gasteiger partial charge in [-0.3, -0.25) is 9.59 Å². The predicted molar refractivity (Wildman–Crippen MR) is 88.2 cm³/mol. The Labute approximate surface area is 137 Å². The molecule has 0 fully saturated rings. The van der Waals surface area contributed by atoms with Crippen molar-refractivity contribution in [3.63, 3.8) is 0 Å². The fourth-order valence-corrected chi connectivity index (χ4v) is 3.78. The van der Waals surface area contributed by atoms with Crippen molar-refractivity contribution < 1.29 is 14.3 Å². The van der Waals surface area contributed by atoms with Gasteiger partial charge >= 0.3 is 0 Å². The number of amides is 1. The van der Waals surface area contributed by atoms with Gasteiger partial charge in [0.15, 0.2) is 5.78 Å². The van der Waals surface area contributed by atoms with Gasteiger partial charge in [-0.15, -0.1) is 0 Å². The van der Waals surface area contributed by atoms with Crippen LogP contribution in [0.25, 0.3) is 0 Å². The van der Waals surface area contributed by atoms with Crippen molar-refractivity contribution in [2.45, 2.75) is 39.0 Å². The molecule has 1 aliphatic heterocycles. The molecule has 0 N–H and O–H groups in total. The number of carbonyl (C=O) groups is 2. The maximum absolute atomic E-state index is 12.8. The van der Waals surface area contributed by atoms with Crippen LogP contribution in [0.1, 0.15) is 44.6 Å². The fraction of sp³-hybridized carbons (Fsp3) is 0.474. The molecule has 1 amide bonds. The van der Waals surface area contributed by atoms with Gasteiger partial charge in [0, 0.05) is 42.6 Å². The molecular formula is C19H23NO3. The van der Waals surface area contributed by atoms with E-state index >= 15 is 0 Å². The minimum Gasteiger partial charge on any atom is -0.496 e. The summed E-state index contributed by atoms with van der Waals surface area (Å²) in [6, 6.07) is 7.67. The van der Waals surface area contributed by atoms with E-state index < -0.39 is 0 Å². The highest BCUT2D eigenvalue weighted by molar-refractivity contribution is 6.02. The maximum atomic E-state index is 12.8. The number of methoxy groups -OCH3 is 1. The van der Waals surface area contributed by atoms with E-state index in [0.29, 0.717) is 12.8 Å². The van der Waals surface area contributed by atoms with Crippen LogP contribution in [0.15, 0.2) is 35.5 Å². The molecule has 0 aromatic heterocycles. The van der Waals surface area contributed by atoms with E-state index in [1.807, 2.05) is 24.3 Å². The van der Waals surface area contributed by atoms with E-state index in [2.05, 4.69) is 13.8 Å². The van der Waals surface area contributed by atoms with Crippen LogP contribution in [-0.4, -0.2) is 30.7 Å². The Balaban J connectivity index is 2.16. The number of Topliss-reactive ketones (excluding diaryl/α,β-unsaturated/α-hetero) is 1. The summed E-state index contributed by atoms with van der Waals surface area (Å²) in [6.45, 7) is 4.17. The van der Waals surface area contributed by atoms with Crippen LogP contribution >= 0.6 is 0 Å². The molecule has 1 aliphatic carbocycles. The second kappa shape index (κ2) is 5.52. The Morgan fingerprint density at radius 1 is 1.17 bits per heavy atom. The Bertz CT molecular complexity index is 702. The summed E-state index contributed by atoms with van der Waals surface area (Å²) in [5.41, 5.74) is 2.51. The quantitative estimate of drug-likeness (QED) is 0.842. The minimum atomic E-state index is -0.201. The van der Waals surface area contributed by atoms with Crippen molar-refractivity contribution in [1.29, 1.82) is 0 Å². The normalized spacial score (nSPS) is 23.8. The van der Waals surface area contributed by atoms with E-state index in [-0.39, 0.29) is 23.0 Å². The maximum Gasteiger partial charge on any atom is 0.227 e. The molecule has 3 rings (SSSR count). The molecule has 0 radical (unpaired) electrons. The molecule has 1 aromatic rings. The first-order valence-corrected chi connectivity index (χ1v) is 8.00. The smallest absolute Gasteiger partial charge is 0.227 e. The summed E-state index contributed by atoms with van der Waals surface area (Å²) < 4.78 is 5.46. The number of ketones is 1. The van der Waals surface area contributed by atoms with Crippen LogP contribution < -0.4 is 4.74 Å². The first-order chi connectivity index (χ1) is 10.8. The van der Waals surface area contributed by atoms with Gasteiger partial charge in [0.1, 0.15) is 5.75 Å². The molecule has 0 bridgehead atoms. The first kappa shape index (κ1) is 15.8. The molecule has 1 atom stereocenters. The van der Waals surface area contributed by atoms with Crippen molar-refractivity contribution in [2.24, 2.45) is 5.41 Å². The molecule has 122 valence electrons. The van der Waals surface area contributed by atoms with E-state index in [9.17, 15) is 9.59 Å². The molecular weight excluding hydrogens is 290 g/mol. The molecule has 0 saturated carbocycles. The largest absolute Gasteiger partial charge is 0.496 e. The third-order valence-electron chi connectivity index (χ3n) is 4.92. The summed E-state index contributed by atoms with van der Waals surface area (Å²) in [7, 11) is 3.40. The average molecular weight is 313 g/mol. The van der Waals surface area contributed by atoms with Gasteiger partial charge in [-0.1, -0.05) is 32.0 Å². The van der Waals surface area contributed by atoms with Crippen molar-refractivity contribution in [2.75, 3.05) is 14.2 Å². The Morgan fingerprint density at radius 3 is 2.57 bits per heavy atom. The van der Waals surface area contributed by atoms with Crippen molar-refractivity contribution in [1.82, 2.24) is 4.90 Å². The number of hydrogen-bond acceptors (Lipinski definition) is 3. The fourth-order valence-electron chi connectivity index (χ4n) is 3.78. The minimum absolute atomic E-state index is 0.0603. The molecule has 0 spiro atoms. The number of nitrogens with zero attached hydrogens (tertiary/aromatic N) is 1. The highest BCUT2D eigenvalue weighted by atomic mass is 16.5. The molecule has 4 nitrogen and oxygen atoms in total. The molecule has 23 heavy (non-hydrogen) atoms. The third kappa shape index (κ3) is 2.67. The van der Waals surface area contributed by atoms with Gasteiger partial charge in [0.05, 0.1) is 7.11 Å². The van der Waals surface area contributed by atoms with Crippen LogP contribution in [0.5, 0.6) is 5.75 Å². The highest BCUT2D eigenvalue weighted by Gasteiger charge is 2.43. The van der Waals surface area contributed by atoms with Crippen LogP contribution in [0.3, 0.4) is 0 Å². The van der Waals surface area contributed by atoms with E-state index in [0.717, 1.165) is 29.0 Å². The van der Waals surface area contributed by atoms with Gasteiger partial charge in [-0.2, -0.15) is 0 Å². The van der Waals surface area contributed by atoms with Crippen LogP contribution in [0.2, 0.25) is 0 Å². The van der Waals surface area contributed by atoms with E-state index in [1.165, 1.54) is 0 Å². The molecule has 0 unspecified atom stereocenters.